The molecule has 1 aliphatic carbocycles. The van der Waals surface area contributed by atoms with Crippen LogP contribution in [0, 0.1) is 11.8 Å². The first-order chi connectivity index (χ1) is 16.3. The van der Waals surface area contributed by atoms with Gasteiger partial charge >= 0.3 is 11.9 Å². The molecule has 0 unspecified atom stereocenters. The Morgan fingerprint density at radius 3 is 2.41 bits per heavy atom. The quantitative estimate of drug-likeness (QED) is 0.333. The number of dihydropyridines is 1. The van der Waals surface area contributed by atoms with Gasteiger partial charge < -0.3 is 24.3 Å². The molecule has 0 radical (unpaired) electrons. The van der Waals surface area contributed by atoms with Gasteiger partial charge in [0.15, 0.2) is 5.78 Å². The van der Waals surface area contributed by atoms with E-state index in [1.807, 2.05) is 38.1 Å². The highest BCUT2D eigenvalue weighted by Crippen LogP contribution is 2.45. The zero-order valence-electron chi connectivity index (χ0n) is 20.4. The summed E-state index contributed by atoms with van der Waals surface area (Å²) in [6.45, 7) is 6.62. The van der Waals surface area contributed by atoms with Crippen LogP contribution >= 0.6 is 0 Å². The van der Waals surface area contributed by atoms with E-state index in [2.05, 4.69) is 5.32 Å². The van der Waals surface area contributed by atoms with Gasteiger partial charge in [0.25, 0.3) is 0 Å². The van der Waals surface area contributed by atoms with Gasteiger partial charge in [0.05, 0.1) is 25.9 Å². The number of ketones is 1. The van der Waals surface area contributed by atoms with Crippen LogP contribution in [-0.2, 0) is 28.6 Å². The lowest BCUT2D eigenvalue weighted by atomic mass is 9.69. The van der Waals surface area contributed by atoms with Crippen molar-refractivity contribution in [1.82, 2.24) is 5.32 Å². The molecule has 1 aliphatic heterocycles. The molecule has 1 aromatic rings. The number of ether oxygens (including phenoxy) is 4. The molecule has 0 amide bonds. The normalized spacial score (nSPS) is 22.1. The highest BCUT2D eigenvalue weighted by atomic mass is 16.6. The average molecular weight is 472 g/mol. The molecule has 8 heteroatoms. The van der Waals surface area contributed by atoms with Crippen LogP contribution in [0.5, 0.6) is 5.75 Å². The van der Waals surface area contributed by atoms with Crippen LogP contribution in [0.4, 0.5) is 0 Å². The molecule has 184 valence electrons. The fourth-order valence-electron chi connectivity index (χ4n) is 4.56. The van der Waals surface area contributed by atoms with E-state index in [0.29, 0.717) is 35.6 Å². The van der Waals surface area contributed by atoms with Gasteiger partial charge in [0.2, 0.25) is 0 Å². The molecule has 0 bridgehead atoms. The van der Waals surface area contributed by atoms with Gasteiger partial charge in [0.1, 0.15) is 18.3 Å². The summed E-state index contributed by atoms with van der Waals surface area (Å²) < 4.78 is 21.1. The van der Waals surface area contributed by atoms with Crippen LogP contribution in [0.3, 0.4) is 0 Å². The third-order valence-electron chi connectivity index (χ3n) is 6.17. The number of benzene rings is 1. The summed E-state index contributed by atoms with van der Waals surface area (Å²) in [5.41, 5.74) is 2.82. The second-order valence-electron chi connectivity index (χ2n) is 8.58. The third-order valence-corrected chi connectivity index (χ3v) is 6.17. The summed E-state index contributed by atoms with van der Waals surface area (Å²) in [5, 5.41) is 3.25. The van der Waals surface area contributed by atoms with Crippen molar-refractivity contribution in [3.8, 4) is 5.75 Å². The van der Waals surface area contributed by atoms with E-state index >= 15 is 0 Å². The van der Waals surface area contributed by atoms with Gasteiger partial charge in [-0.3, -0.25) is 9.59 Å². The average Bonchev–Trinajstić information content (AvgIpc) is 2.82. The van der Waals surface area contributed by atoms with E-state index in [9.17, 15) is 14.4 Å². The van der Waals surface area contributed by atoms with Crippen molar-refractivity contribution in [2.24, 2.45) is 11.8 Å². The molecular weight excluding hydrogens is 438 g/mol. The lowest BCUT2D eigenvalue weighted by molar-refractivity contribution is -0.151. The number of nitrogens with one attached hydrogen (secondary N) is 1. The molecule has 1 heterocycles. The minimum atomic E-state index is -0.927. The zero-order valence-corrected chi connectivity index (χ0v) is 20.4. The van der Waals surface area contributed by atoms with Crippen LogP contribution in [-0.4, -0.2) is 51.8 Å². The number of hydrogen-bond donors (Lipinski definition) is 1. The number of carbonyl (C=O) groups is 3. The Labute approximate surface area is 200 Å². The molecule has 0 fully saturated rings. The smallest absolute Gasteiger partial charge is 0.336 e. The maximum absolute atomic E-state index is 13.7. The number of Topliss-reactive ketones (excluding diaryl/α,β-unsaturated/α-hetero) is 1. The summed E-state index contributed by atoms with van der Waals surface area (Å²) in [6, 6.07) is 7.34. The van der Waals surface area contributed by atoms with E-state index in [4.69, 9.17) is 18.9 Å². The first-order valence-electron chi connectivity index (χ1n) is 11.6. The van der Waals surface area contributed by atoms with Crippen LogP contribution < -0.4 is 10.1 Å². The molecule has 1 N–H and O–H groups in total. The van der Waals surface area contributed by atoms with Gasteiger partial charge in [-0.05, 0) is 43.4 Å². The summed E-state index contributed by atoms with van der Waals surface area (Å²) >= 11 is 0. The van der Waals surface area contributed by atoms with Gasteiger partial charge in [-0.1, -0.05) is 26.0 Å². The van der Waals surface area contributed by atoms with E-state index in [0.717, 1.165) is 17.7 Å². The van der Waals surface area contributed by atoms with Crippen LogP contribution in [0.25, 0.3) is 0 Å². The molecular formula is C26H33NO7. The lowest BCUT2D eigenvalue weighted by Gasteiger charge is -2.38. The summed E-state index contributed by atoms with van der Waals surface area (Å²) in [7, 11) is 2.80. The van der Waals surface area contributed by atoms with Crippen molar-refractivity contribution in [2.45, 2.75) is 39.5 Å². The Bertz CT molecular complexity index is 993. The predicted molar refractivity (Wildman–Crippen MR) is 125 cm³/mol. The zero-order chi connectivity index (χ0) is 24.8. The third kappa shape index (κ3) is 5.17. The van der Waals surface area contributed by atoms with E-state index < -0.39 is 23.8 Å². The Balaban J connectivity index is 2.07. The number of hydrogen-bond acceptors (Lipinski definition) is 8. The Hall–Kier alpha value is -3.13. The molecule has 1 aromatic carbocycles. The summed E-state index contributed by atoms with van der Waals surface area (Å²) in [5.74, 6) is -2.58. The van der Waals surface area contributed by atoms with Gasteiger partial charge in [-0.25, -0.2) is 4.79 Å². The lowest BCUT2D eigenvalue weighted by Crippen LogP contribution is -2.43. The molecule has 0 saturated heterocycles. The van der Waals surface area contributed by atoms with Crippen molar-refractivity contribution in [3.05, 3.63) is 52.4 Å². The van der Waals surface area contributed by atoms with Gasteiger partial charge in [-0.15, -0.1) is 0 Å². The van der Waals surface area contributed by atoms with Gasteiger partial charge in [-0.2, -0.15) is 0 Å². The topological polar surface area (TPSA) is 100 Å². The van der Waals surface area contributed by atoms with Crippen molar-refractivity contribution in [1.29, 1.82) is 0 Å². The number of esters is 2. The van der Waals surface area contributed by atoms with Crippen molar-refractivity contribution in [3.63, 3.8) is 0 Å². The molecule has 0 spiro atoms. The molecule has 0 aromatic heterocycles. The minimum Gasteiger partial charge on any atom is -0.494 e. The second-order valence-corrected chi connectivity index (χ2v) is 8.58. The Morgan fingerprint density at radius 2 is 1.79 bits per heavy atom. The van der Waals surface area contributed by atoms with Gasteiger partial charge in [0, 0.05) is 30.0 Å². The SMILES string of the molecule is CCCOc1ccc([C@H]2C(C(=O)OCCOC)=C(C)NC3=C2C(=O)[C@@H](C(=O)OC)[C@H](C)C3)cc1. The van der Waals surface area contributed by atoms with Crippen molar-refractivity contribution >= 4 is 17.7 Å². The van der Waals surface area contributed by atoms with Crippen LogP contribution in [0.1, 0.15) is 45.1 Å². The van der Waals surface area contributed by atoms with E-state index in [-0.39, 0.29) is 24.9 Å². The summed E-state index contributed by atoms with van der Waals surface area (Å²) in [6.07, 6.45) is 1.37. The van der Waals surface area contributed by atoms with E-state index in [1.165, 1.54) is 14.2 Å². The highest BCUT2D eigenvalue weighted by molar-refractivity contribution is 6.12. The van der Waals surface area contributed by atoms with Crippen LogP contribution in [0.15, 0.2) is 46.8 Å². The molecule has 8 nitrogen and oxygen atoms in total. The fraction of sp³-hybridized carbons (Fsp3) is 0.500. The summed E-state index contributed by atoms with van der Waals surface area (Å²) in [4.78, 5) is 39.3. The molecule has 0 saturated carbocycles. The Kier molecular flexibility index (Phi) is 8.50. The largest absolute Gasteiger partial charge is 0.494 e. The fourth-order valence-corrected chi connectivity index (χ4v) is 4.56. The number of allylic oxidation sites excluding steroid dienone is 3. The van der Waals surface area contributed by atoms with Crippen LogP contribution in [0.2, 0.25) is 0 Å². The number of rotatable bonds is 9. The molecule has 34 heavy (non-hydrogen) atoms. The Morgan fingerprint density at radius 1 is 1.09 bits per heavy atom. The number of carbonyl (C=O) groups excluding carboxylic acids is 3. The predicted octanol–water partition coefficient (Wildman–Crippen LogP) is 3.28. The first-order valence-corrected chi connectivity index (χ1v) is 11.6. The second kappa shape index (κ2) is 11.3. The monoisotopic (exact) mass is 471 g/mol. The molecule has 2 aliphatic rings. The highest BCUT2D eigenvalue weighted by Gasteiger charge is 2.47. The minimum absolute atomic E-state index is 0.0876. The maximum Gasteiger partial charge on any atom is 0.336 e. The van der Waals surface area contributed by atoms with E-state index in [1.54, 1.807) is 6.92 Å². The molecule has 3 atom stereocenters. The van der Waals surface area contributed by atoms with Crippen molar-refractivity contribution < 1.29 is 33.3 Å². The molecule has 3 rings (SSSR count). The number of methoxy groups -OCH3 is 2. The first kappa shape index (κ1) is 25.5. The maximum atomic E-state index is 13.7. The van der Waals surface area contributed by atoms with Crippen molar-refractivity contribution in [2.75, 3.05) is 34.0 Å². The standard InChI is InChI=1S/C26H33NO7/c1-6-11-33-18-9-7-17(8-10-18)22-21(26(30)34-13-12-31-4)16(3)27-19-14-15(2)20(25(29)32-5)24(28)23(19)22/h7-10,15,20,22,27H,6,11-14H2,1-5H3/t15-,20+,22+/m1/s1.